The normalized spacial score (nSPS) is 12.1. The van der Waals surface area contributed by atoms with Crippen LogP contribution in [0.3, 0.4) is 0 Å². The van der Waals surface area contributed by atoms with Crippen molar-refractivity contribution in [2.45, 2.75) is 19.4 Å². The first-order valence-electron chi connectivity index (χ1n) is 8.86. The number of halogens is 1. The second-order valence-electron chi connectivity index (χ2n) is 6.53. The van der Waals surface area contributed by atoms with Crippen LogP contribution in [0.1, 0.15) is 24.4 Å². The van der Waals surface area contributed by atoms with Gasteiger partial charge < -0.3 is 10.3 Å². The van der Waals surface area contributed by atoms with E-state index in [-0.39, 0.29) is 11.9 Å². The molecule has 6 nitrogen and oxygen atoms in total. The summed E-state index contributed by atoms with van der Waals surface area (Å²) >= 11 is 5.97. The molecule has 1 aromatic carbocycles. The van der Waals surface area contributed by atoms with E-state index in [1.807, 2.05) is 42.5 Å². The minimum atomic E-state index is -0.294. The van der Waals surface area contributed by atoms with Crippen LogP contribution in [0.5, 0.6) is 0 Å². The Morgan fingerprint density at radius 3 is 2.61 bits per heavy atom. The lowest BCUT2D eigenvalue weighted by Crippen LogP contribution is -2.28. The van der Waals surface area contributed by atoms with Gasteiger partial charge in [0, 0.05) is 36.1 Å². The van der Waals surface area contributed by atoms with Crippen LogP contribution in [0.25, 0.3) is 22.3 Å². The molecule has 0 saturated carbocycles. The molecule has 3 aromatic heterocycles. The number of H-pyrrole nitrogens is 1. The summed E-state index contributed by atoms with van der Waals surface area (Å²) < 4.78 is 0. The van der Waals surface area contributed by atoms with E-state index in [0.717, 1.165) is 22.2 Å². The summed E-state index contributed by atoms with van der Waals surface area (Å²) in [5, 5.41) is 3.64. The molecular formula is C21H18ClN5O. The molecule has 0 bridgehead atoms. The number of fused-ring (bicyclic) bond motifs is 1. The highest BCUT2D eigenvalue weighted by atomic mass is 35.5. The van der Waals surface area contributed by atoms with Crippen molar-refractivity contribution >= 4 is 28.7 Å². The number of aromatic nitrogens is 4. The van der Waals surface area contributed by atoms with Gasteiger partial charge in [-0.3, -0.25) is 9.78 Å². The number of hydrogen-bond donors (Lipinski definition) is 2. The largest absolute Gasteiger partial charge is 0.346 e. The van der Waals surface area contributed by atoms with Crippen LogP contribution in [0.15, 0.2) is 61.1 Å². The van der Waals surface area contributed by atoms with Gasteiger partial charge in [0.15, 0.2) is 5.65 Å². The Morgan fingerprint density at radius 2 is 1.89 bits per heavy atom. The third-order valence-electron chi connectivity index (χ3n) is 4.43. The number of benzene rings is 1. The van der Waals surface area contributed by atoms with Gasteiger partial charge >= 0.3 is 0 Å². The Kier molecular flexibility index (Phi) is 5.04. The standard InChI is InChI=1S/C21H18ClN5O/c1-13(28)25-18(10-14-2-4-17(22)5-3-14)21-26-19-11-16(12-24-20(19)27-21)15-6-8-23-9-7-15/h2-9,11-12,18H,10H2,1H3,(H,25,28)(H,24,26,27). The number of carbonyl (C=O) groups is 1. The van der Waals surface area contributed by atoms with Crippen molar-refractivity contribution in [3.63, 3.8) is 0 Å². The van der Waals surface area contributed by atoms with Crippen molar-refractivity contribution in [1.82, 2.24) is 25.3 Å². The molecule has 4 aromatic rings. The molecule has 1 unspecified atom stereocenters. The van der Waals surface area contributed by atoms with E-state index >= 15 is 0 Å². The van der Waals surface area contributed by atoms with Crippen LogP contribution in [-0.4, -0.2) is 25.8 Å². The fourth-order valence-corrected chi connectivity index (χ4v) is 3.22. The lowest BCUT2D eigenvalue weighted by atomic mass is 10.1. The molecule has 0 aliphatic heterocycles. The molecule has 0 aliphatic carbocycles. The number of rotatable bonds is 5. The first kappa shape index (κ1) is 18.1. The summed E-state index contributed by atoms with van der Waals surface area (Å²) in [7, 11) is 0. The number of hydrogen-bond acceptors (Lipinski definition) is 4. The molecule has 7 heteroatoms. The van der Waals surface area contributed by atoms with Crippen LogP contribution in [0, 0.1) is 0 Å². The summed E-state index contributed by atoms with van der Waals surface area (Å²) in [5.74, 6) is 0.546. The number of aromatic amines is 1. The van der Waals surface area contributed by atoms with Gasteiger partial charge in [-0.05, 0) is 47.9 Å². The molecule has 0 radical (unpaired) electrons. The average molecular weight is 392 g/mol. The predicted molar refractivity (Wildman–Crippen MR) is 109 cm³/mol. The van der Waals surface area contributed by atoms with Crippen LogP contribution < -0.4 is 5.32 Å². The Morgan fingerprint density at radius 1 is 1.14 bits per heavy atom. The fraction of sp³-hybridized carbons (Fsp3) is 0.143. The highest BCUT2D eigenvalue weighted by Gasteiger charge is 2.18. The van der Waals surface area contributed by atoms with Gasteiger partial charge in [0.2, 0.25) is 5.91 Å². The summed E-state index contributed by atoms with van der Waals surface area (Å²) in [5.41, 5.74) is 4.46. The summed E-state index contributed by atoms with van der Waals surface area (Å²) in [6.45, 7) is 1.50. The number of nitrogens with one attached hydrogen (secondary N) is 2. The topological polar surface area (TPSA) is 83.6 Å². The zero-order valence-electron chi connectivity index (χ0n) is 15.2. The molecule has 4 rings (SSSR count). The van der Waals surface area contributed by atoms with Crippen LogP contribution in [0.4, 0.5) is 0 Å². The van der Waals surface area contributed by atoms with Gasteiger partial charge in [0.1, 0.15) is 11.3 Å². The molecule has 0 saturated heterocycles. The van der Waals surface area contributed by atoms with E-state index in [4.69, 9.17) is 16.6 Å². The molecule has 28 heavy (non-hydrogen) atoms. The Hall–Kier alpha value is -3.25. The van der Waals surface area contributed by atoms with E-state index < -0.39 is 0 Å². The van der Waals surface area contributed by atoms with Crippen molar-refractivity contribution in [1.29, 1.82) is 0 Å². The number of nitrogens with zero attached hydrogens (tertiary/aromatic N) is 3. The average Bonchev–Trinajstić information content (AvgIpc) is 3.13. The minimum absolute atomic E-state index is 0.121. The number of amides is 1. The van der Waals surface area contributed by atoms with Gasteiger partial charge in [-0.15, -0.1) is 0 Å². The highest BCUT2D eigenvalue weighted by molar-refractivity contribution is 6.30. The summed E-state index contributed by atoms with van der Waals surface area (Å²) in [6, 6.07) is 13.1. The molecule has 0 aliphatic rings. The van der Waals surface area contributed by atoms with Crippen molar-refractivity contribution in [3.8, 4) is 11.1 Å². The molecule has 0 spiro atoms. The number of imidazole rings is 1. The lowest BCUT2D eigenvalue weighted by molar-refractivity contribution is -0.119. The first-order valence-corrected chi connectivity index (χ1v) is 9.24. The Bertz CT molecular complexity index is 1110. The van der Waals surface area contributed by atoms with Gasteiger partial charge in [-0.25, -0.2) is 9.97 Å². The quantitative estimate of drug-likeness (QED) is 0.536. The van der Waals surface area contributed by atoms with Crippen molar-refractivity contribution in [2.75, 3.05) is 0 Å². The van der Waals surface area contributed by atoms with Crippen molar-refractivity contribution in [2.24, 2.45) is 0 Å². The third-order valence-corrected chi connectivity index (χ3v) is 4.68. The Labute approximate surface area is 167 Å². The molecule has 1 amide bonds. The highest BCUT2D eigenvalue weighted by Crippen LogP contribution is 2.24. The maximum atomic E-state index is 11.7. The number of pyridine rings is 2. The first-order chi connectivity index (χ1) is 13.6. The second kappa shape index (κ2) is 7.78. The van der Waals surface area contributed by atoms with E-state index in [0.29, 0.717) is 22.9 Å². The fourth-order valence-electron chi connectivity index (χ4n) is 3.10. The van der Waals surface area contributed by atoms with Gasteiger partial charge in [-0.2, -0.15) is 0 Å². The zero-order chi connectivity index (χ0) is 19.5. The summed E-state index contributed by atoms with van der Waals surface area (Å²) in [6.07, 6.45) is 5.88. The maximum Gasteiger partial charge on any atom is 0.217 e. The van der Waals surface area contributed by atoms with Crippen LogP contribution >= 0.6 is 11.6 Å². The predicted octanol–water partition coefficient (Wildman–Crippen LogP) is 4.09. The molecule has 1 atom stereocenters. The molecule has 2 N–H and O–H groups in total. The third kappa shape index (κ3) is 4.02. The Balaban J connectivity index is 1.67. The zero-order valence-corrected chi connectivity index (χ0v) is 15.9. The molecule has 0 fully saturated rings. The SMILES string of the molecule is CC(=O)NC(Cc1ccc(Cl)cc1)c1nc2cc(-c3ccncc3)cnc2[nH]1. The van der Waals surface area contributed by atoms with Crippen molar-refractivity contribution < 1.29 is 4.79 Å². The van der Waals surface area contributed by atoms with E-state index in [1.54, 1.807) is 18.6 Å². The van der Waals surface area contributed by atoms with E-state index in [1.165, 1.54) is 6.92 Å². The van der Waals surface area contributed by atoms with Gasteiger partial charge in [-0.1, -0.05) is 23.7 Å². The number of carbonyl (C=O) groups excluding carboxylic acids is 1. The van der Waals surface area contributed by atoms with Gasteiger partial charge in [0.05, 0.1) is 6.04 Å². The van der Waals surface area contributed by atoms with Crippen LogP contribution in [0.2, 0.25) is 5.02 Å². The lowest BCUT2D eigenvalue weighted by Gasteiger charge is -2.15. The van der Waals surface area contributed by atoms with Gasteiger partial charge in [0.25, 0.3) is 0 Å². The van der Waals surface area contributed by atoms with E-state index in [9.17, 15) is 4.79 Å². The summed E-state index contributed by atoms with van der Waals surface area (Å²) in [4.78, 5) is 28.2. The molecule has 140 valence electrons. The monoisotopic (exact) mass is 391 g/mol. The molecule has 3 heterocycles. The maximum absolute atomic E-state index is 11.7. The molecular weight excluding hydrogens is 374 g/mol. The minimum Gasteiger partial charge on any atom is -0.346 e. The van der Waals surface area contributed by atoms with E-state index in [2.05, 4.69) is 20.3 Å². The smallest absolute Gasteiger partial charge is 0.217 e. The van der Waals surface area contributed by atoms with Crippen LogP contribution in [-0.2, 0) is 11.2 Å². The second-order valence-corrected chi connectivity index (χ2v) is 6.97. The van der Waals surface area contributed by atoms with Crippen molar-refractivity contribution in [3.05, 3.63) is 77.5 Å².